The summed E-state index contributed by atoms with van der Waals surface area (Å²) in [5, 5.41) is 21.1. The monoisotopic (exact) mass is 389 g/mol. The van der Waals surface area contributed by atoms with E-state index in [9.17, 15) is 10.1 Å². The van der Waals surface area contributed by atoms with Gasteiger partial charge in [-0.2, -0.15) is 5.26 Å². The molecule has 1 atom stereocenters. The number of hydrogen-bond donors (Lipinski definition) is 1. The van der Waals surface area contributed by atoms with Gasteiger partial charge < -0.3 is 5.32 Å². The Morgan fingerprint density at radius 3 is 2.61 bits per heavy atom. The first-order valence-electron chi connectivity index (χ1n) is 9.14. The topological polar surface area (TPSA) is 83.6 Å². The number of rotatable bonds is 6. The van der Waals surface area contributed by atoms with E-state index in [2.05, 4.69) is 26.2 Å². The molecule has 1 aromatic heterocycles. The molecule has 6 nitrogen and oxygen atoms in total. The predicted molar refractivity (Wildman–Crippen MR) is 108 cm³/mol. The molecule has 7 heteroatoms. The maximum Gasteiger partial charge on any atom is 0.237 e. The first-order valence-corrected chi connectivity index (χ1v) is 10.0. The zero-order chi connectivity index (χ0) is 19.5. The van der Waals surface area contributed by atoms with Crippen LogP contribution in [0.25, 0.3) is 5.69 Å². The van der Waals surface area contributed by atoms with Crippen LogP contribution in [0.2, 0.25) is 0 Å². The Labute approximate surface area is 167 Å². The van der Waals surface area contributed by atoms with E-state index in [1.807, 2.05) is 37.3 Å². The van der Waals surface area contributed by atoms with Gasteiger partial charge in [0.15, 0.2) is 5.16 Å². The summed E-state index contributed by atoms with van der Waals surface area (Å²) >= 11 is 1.37. The first kappa shape index (κ1) is 18.3. The van der Waals surface area contributed by atoms with Crippen molar-refractivity contribution in [3.8, 4) is 11.8 Å². The average Bonchev–Trinajstić information content (AvgIpc) is 3.49. The number of nitrogens with zero attached hydrogens (tertiary/aromatic N) is 4. The third kappa shape index (κ3) is 3.78. The van der Waals surface area contributed by atoms with E-state index in [0.29, 0.717) is 22.3 Å². The van der Waals surface area contributed by atoms with Crippen LogP contribution in [0.3, 0.4) is 0 Å². The van der Waals surface area contributed by atoms with Crippen LogP contribution >= 0.6 is 11.8 Å². The van der Waals surface area contributed by atoms with Crippen molar-refractivity contribution in [1.29, 1.82) is 5.26 Å². The first-order chi connectivity index (χ1) is 13.7. The van der Waals surface area contributed by atoms with Crippen molar-refractivity contribution in [2.45, 2.75) is 36.1 Å². The molecule has 28 heavy (non-hydrogen) atoms. The molecule has 1 amide bonds. The van der Waals surface area contributed by atoms with Gasteiger partial charge in [0.2, 0.25) is 5.91 Å². The molecule has 1 fully saturated rings. The van der Waals surface area contributed by atoms with Crippen LogP contribution in [0.15, 0.2) is 59.8 Å². The molecule has 140 valence electrons. The van der Waals surface area contributed by atoms with E-state index >= 15 is 0 Å². The fraction of sp³-hybridized carbons (Fsp3) is 0.238. The second-order valence-electron chi connectivity index (χ2n) is 6.69. The van der Waals surface area contributed by atoms with E-state index in [1.54, 1.807) is 24.3 Å². The highest BCUT2D eigenvalue weighted by Crippen LogP contribution is 2.41. The molecule has 1 aliphatic rings. The maximum atomic E-state index is 12.7. The summed E-state index contributed by atoms with van der Waals surface area (Å²) < 4.78 is 2.05. The lowest BCUT2D eigenvalue weighted by Gasteiger charge is -2.14. The molecular formula is C21H19N5OS. The normalized spacial score (nSPS) is 14.3. The summed E-state index contributed by atoms with van der Waals surface area (Å²) in [5.41, 5.74) is 1.96. The van der Waals surface area contributed by atoms with Gasteiger partial charge in [0.1, 0.15) is 11.9 Å². The summed E-state index contributed by atoms with van der Waals surface area (Å²) in [5.74, 6) is 1.22. The molecule has 0 bridgehead atoms. The van der Waals surface area contributed by atoms with Crippen LogP contribution in [-0.4, -0.2) is 25.9 Å². The quantitative estimate of drug-likeness (QED) is 0.641. The molecule has 1 heterocycles. The largest absolute Gasteiger partial charge is 0.324 e. The fourth-order valence-electron chi connectivity index (χ4n) is 2.92. The molecule has 0 spiro atoms. The maximum absolute atomic E-state index is 12.7. The zero-order valence-electron chi connectivity index (χ0n) is 15.4. The van der Waals surface area contributed by atoms with E-state index in [-0.39, 0.29) is 5.91 Å². The minimum Gasteiger partial charge on any atom is -0.324 e. The van der Waals surface area contributed by atoms with Crippen molar-refractivity contribution < 1.29 is 4.79 Å². The number of benzene rings is 2. The van der Waals surface area contributed by atoms with Gasteiger partial charge in [0, 0.05) is 11.6 Å². The third-order valence-corrected chi connectivity index (χ3v) is 5.61. The molecule has 0 radical (unpaired) electrons. The van der Waals surface area contributed by atoms with Gasteiger partial charge in [-0.05, 0) is 44.0 Å². The molecular weight excluding hydrogens is 370 g/mol. The minimum absolute atomic E-state index is 0.178. The Morgan fingerprint density at radius 1 is 1.18 bits per heavy atom. The number of hydrogen-bond acceptors (Lipinski definition) is 5. The van der Waals surface area contributed by atoms with Crippen molar-refractivity contribution in [1.82, 2.24) is 14.8 Å². The number of para-hydroxylation sites is 2. The van der Waals surface area contributed by atoms with E-state index in [0.717, 1.165) is 24.4 Å². The zero-order valence-corrected chi connectivity index (χ0v) is 16.2. The minimum atomic E-state index is -0.398. The van der Waals surface area contributed by atoms with Gasteiger partial charge >= 0.3 is 0 Å². The van der Waals surface area contributed by atoms with Gasteiger partial charge in [-0.1, -0.05) is 42.1 Å². The summed E-state index contributed by atoms with van der Waals surface area (Å²) in [6.45, 7) is 1.83. The van der Waals surface area contributed by atoms with Crippen molar-refractivity contribution in [3.63, 3.8) is 0 Å². The second kappa shape index (κ2) is 7.87. The van der Waals surface area contributed by atoms with Crippen LogP contribution in [-0.2, 0) is 4.79 Å². The number of aromatic nitrogens is 3. The Kier molecular flexibility index (Phi) is 5.13. The summed E-state index contributed by atoms with van der Waals surface area (Å²) in [6.07, 6.45) is 2.24. The number of thioether (sulfide) groups is 1. The number of anilines is 1. The highest BCUT2D eigenvalue weighted by molar-refractivity contribution is 8.00. The summed E-state index contributed by atoms with van der Waals surface area (Å²) in [4.78, 5) is 12.7. The highest BCUT2D eigenvalue weighted by atomic mass is 32.2. The lowest BCUT2D eigenvalue weighted by atomic mass is 10.2. The lowest BCUT2D eigenvalue weighted by molar-refractivity contribution is -0.115. The Morgan fingerprint density at radius 2 is 1.89 bits per heavy atom. The molecule has 1 saturated carbocycles. The molecule has 4 rings (SSSR count). The van der Waals surface area contributed by atoms with E-state index in [4.69, 9.17) is 0 Å². The third-order valence-electron chi connectivity index (χ3n) is 4.57. The number of nitrogens with one attached hydrogen (secondary N) is 1. The summed E-state index contributed by atoms with van der Waals surface area (Å²) in [6, 6.07) is 19.0. The Hall–Kier alpha value is -3.11. The van der Waals surface area contributed by atoms with E-state index in [1.165, 1.54) is 11.8 Å². The molecule has 0 aliphatic heterocycles. The van der Waals surface area contributed by atoms with Gasteiger partial charge in [0.05, 0.1) is 16.5 Å². The molecule has 1 unspecified atom stereocenters. The van der Waals surface area contributed by atoms with Gasteiger partial charge in [-0.25, -0.2) is 0 Å². The van der Waals surface area contributed by atoms with Crippen molar-refractivity contribution >= 4 is 23.4 Å². The molecule has 1 aliphatic carbocycles. The SMILES string of the molecule is CC(Sc1nnc(C2CC2)n1-c1ccccc1)C(=O)Nc1ccccc1C#N. The van der Waals surface area contributed by atoms with E-state index < -0.39 is 5.25 Å². The van der Waals surface area contributed by atoms with Crippen LogP contribution in [0.4, 0.5) is 5.69 Å². The van der Waals surface area contributed by atoms with Gasteiger partial charge in [-0.3, -0.25) is 9.36 Å². The lowest BCUT2D eigenvalue weighted by Crippen LogP contribution is -2.23. The molecule has 3 aromatic rings. The van der Waals surface area contributed by atoms with Gasteiger partial charge in [0.25, 0.3) is 0 Å². The van der Waals surface area contributed by atoms with Crippen molar-refractivity contribution in [2.75, 3.05) is 5.32 Å². The number of carbonyl (C=O) groups excluding carboxylic acids is 1. The van der Waals surface area contributed by atoms with Crippen LogP contribution in [0.1, 0.15) is 37.1 Å². The average molecular weight is 389 g/mol. The van der Waals surface area contributed by atoms with Crippen LogP contribution in [0, 0.1) is 11.3 Å². The number of nitriles is 1. The molecule has 2 aromatic carbocycles. The molecule has 1 N–H and O–H groups in total. The van der Waals surface area contributed by atoms with Crippen LogP contribution < -0.4 is 5.32 Å². The number of carbonyl (C=O) groups is 1. The second-order valence-corrected chi connectivity index (χ2v) is 8.00. The van der Waals surface area contributed by atoms with Crippen molar-refractivity contribution in [3.05, 3.63) is 66.0 Å². The molecule has 0 saturated heterocycles. The van der Waals surface area contributed by atoms with Crippen LogP contribution in [0.5, 0.6) is 0 Å². The predicted octanol–water partition coefficient (Wildman–Crippen LogP) is 4.14. The van der Waals surface area contributed by atoms with Gasteiger partial charge in [-0.15, -0.1) is 10.2 Å². The number of amides is 1. The Balaban J connectivity index is 1.56. The Bertz CT molecular complexity index is 1040. The standard InChI is InChI=1S/C21H19N5OS/c1-14(20(27)23-18-10-6-5-7-16(18)13-22)28-21-25-24-19(15-11-12-15)26(21)17-8-3-2-4-9-17/h2-10,14-15H,11-12H2,1H3,(H,23,27). The highest BCUT2D eigenvalue weighted by Gasteiger charge is 2.31. The fourth-order valence-corrected chi connectivity index (χ4v) is 3.79. The smallest absolute Gasteiger partial charge is 0.237 e. The van der Waals surface area contributed by atoms with Crippen molar-refractivity contribution in [2.24, 2.45) is 0 Å². The summed E-state index contributed by atoms with van der Waals surface area (Å²) in [7, 11) is 0.